The fourth-order valence-corrected chi connectivity index (χ4v) is 2.12. The van der Waals surface area contributed by atoms with Gasteiger partial charge < -0.3 is 10.6 Å². The summed E-state index contributed by atoms with van der Waals surface area (Å²) in [4.78, 5) is 26.9. The lowest BCUT2D eigenvalue weighted by Crippen LogP contribution is -2.23. The van der Waals surface area contributed by atoms with Crippen LogP contribution in [0.3, 0.4) is 0 Å². The first-order valence-electron chi connectivity index (χ1n) is 7.20. The number of carbonyl (C=O) groups excluding carboxylic acids is 1. The van der Waals surface area contributed by atoms with Crippen LogP contribution < -0.4 is 10.6 Å². The molecule has 2 N–H and O–H groups in total. The van der Waals surface area contributed by atoms with Gasteiger partial charge in [-0.15, -0.1) is 6.42 Å². The number of nitro benzene ring substituents is 1. The highest BCUT2D eigenvalue weighted by Crippen LogP contribution is 2.28. The van der Waals surface area contributed by atoms with Gasteiger partial charge in [-0.05, 0) is 31.2 Å². The number of benzene rings is 1. The van der Waals surface area contributed by atoms with Crippen LogP contribution in [0.2, 0.25) is 0 Å². The van der Waals surface area contributed by atoms with E-state index >= 15 is 0 Å². The molecule has 7 nitrogen and oxygen atoms in total. The normalized spacial score (nSPS) is 11.2. The number of aromatic nitrogens is 1. The van der Waals surface area contributed by atoms with Gasteiger partial charge in [-0.3, -0.25) is 19.9 Å². The summed E-state index contributed by atoms with van der Waals surface area (Å²) in [6.07, 6.45) is 6.73. The second-order valence-electron chi connectivity index (χ2n) is 5.00. The first kappa shape index (κ1) is 17.0. The summed E-state index contributed by atoms with van der Waals surface area (Å²) in [5, 5.41) is 16.8. The molecule has 0 unspecified atom stereocenters. The smallest absolute Gasteiger partial charge is 0.293 e. The van der Waals surface area contributed by atoms with Gasteiger partial charge in [0.2, 0.25) is 0 Å². The number of nitro groups is 1. The van der Waals surface area contributed by atoms with Crippen molar-refractivity contribution in [1.29, 1.82) is 0 Å². The Bertz CT molecular complexity index is 784. The molecule has 1 atom stereocenters. The van der Waals surface area contributed by atoms with Crippen molar-refractivity contribution in [2.24, 2.45) is 0 Å². The van der Waals surface area contributed by atoms with Crippen LogP contribution >= 0.6 is 0 Å². The number of pyridine rings is 1. The molecule has 0 radical (unpaired) electrons. The second-order valence-corrected chi connectivity index (χ2v) is 5.00. The van der Waals surface area contributed by atoms with E-state index in [0.717, 1.165) is 5.69 Å². The summed E-state index contributed by atoms with van der Waals surface area (Å²) in [5.74, 6) is 1.82. The van der Waals surface area contributed by atoms with Crippen LogP contribution in [0.5, 0.6) is 0 Å². The van der Waals surface area contributed by atoms with Crippen molar-refractivity contribution in [2.75, 3.05) is 11.9 Å². The molecule has 0 aliphatic carbocycles. The van der Waals surface area contributed by atoms with Crippen LogP contribution in [0, 0.1) is 22.5 Å². The predicted molar refractivity (Wildman–Crippen MR) is 90.5 cm³/mol. The molecule has 0 saturated carbocycles. The largest absolute Gasteiger partial charge is 0.371 e. The first-order chi connectivity index (χ1) is 11.5. The number of anilines is 1. The molecule has 1 aromatic carbocycles. The van der Waals surface area contributed by atoms with Crippen molar-refractivity contribution in [3.63, 3.8) is 0 Å². The Morgan fingerprint density at radius 2 is 2.21 bits per heavy atom. The molecule has 2 rings (SSSR count). The summed E-state index contributed by atoms with van der Waals surface area (Å²) in [6.45, 7) is 1.91. The maximum atomic E-state index is 11.9. The fourth-order valence-electron chi connectivity index (χ4n) is 2.12. The molecule has 1 aromatic heterocycles. The zero-order valence-corrected chi connectivity index (χ0v) is 13.0. The number of hydrogen-bond donors (Lipinski definition) is 2. The summed E-state index contributed by atoms with van der Waals surface area (Å²) >= 11 is 0. The number of nitrogens with zero attached hydrogens (tertiary/aromatic N) is 2. The van der Waals surface area contributed by atoms with Crippen LogP contribution in [-0.4, -0.2) is 22.4 Å². The monoisotopic (exact) mass is 324 g/mol. The van der Waals surface area contributed by atoms with Crippen molar-refractivity contribution in [3.8, 4) is 12.3 Å². The highest BCUT2D eigenvalue weighted by atomic mass is 16.6. The molecule has 2 aromatic rings. The Kier molecular flexibility index (Phi) is 5.47. The van der Waals surface area contributed by atoms with Crippen molar-refractivity contribution >= 4 is 17.3 Å². The van der Waals surface area contributed by atoms with E-state index in [1.54, 1.807) is 12.3 Å². The van der Waals surface area contributed by atoms with E-state index in [1.807, 2.05) is 19.1 Å². The van der Waals surface area contributed by atoms with Gasteiger partial charge in [0, 0.05) is 17.8 Å². The lowest BCUT2D eigenvalue weighted by atomic mass is 10.1. The molecule has 1 heterocycles. The number of carbonyl (C=O) groups is 1. The van der Waals surface area contributed by atoms with E-state index in [1.165, 1.54) is 18.2 Å². The summed E-state index contributed by atoms with van der Waals surface area (Å²) in [5.41, 5.74) is 1.05. The molecule has 0 fully saturated rings. The second kappa shape index (κ2) is 7.74. The fraction of sp³-hybridized carbons (Fsp3) is 0.176. The number of amides is 1. The van der Waals surface area contributed by atoms with E-state index < -0.39 is 10.8 Å². The first-order valence-corrected chi connectivity index (χ1v) is 7.20. The van der Waals surface area contributed by atoms with Crippen molar-refractivity contribution < 1.29 is 9.72 Å². The minimum atomic E-state index is -0.536. The van der Waals surface area contributed by atoms with Gasteiger partial charge in [-0.1, -0.05) is 12.0 Å². The van der Waals surface area contributed by atoms with Crippen LogP contribution in [-0.2, 0) is 0 Å². The third-order valence-corrected chi connectivity index (χ3v) is 3.31. The molecule has 0 aliphatic rings. The Morgan fingerprint density at radius 3 is 2.83 bits per heavy atom. The highest BCUT2D eigenvalue weighted by Gasteiger charge is 2.19. The zero-order chi connectivity index (χ0) is 17.5. The minimum absolute atomic E-state index is 0.0589. The molecule has 24 heavy (non-hydrogen) atoms. The molecule has 122 valence electrons. The average molecular weight is 324 g/mol. The molecule has 0 aliphatic heterocycles. The molecule has 0 bridgehead atoms. The predicted octanol–water partition coefficient (Wildman–Crippen LogP) is 2.53. The lowest BCUT2D eigenvalue weighted by Gasteiger charge is -2.15. The van der Waals surface area contributed by atoms with Gasteiger partial charge in [-0.25, -0.2) is 0 Å². The van der Waals surface area contributed by atoms with E-state index in [9.17, 15) is 14.9 Å². The highest BCUT2D eigenvalue weighted by molar-refractivity contribution is 5.95. The van der Waals surface area contributed by atoms with Gasteiger partial charge in [0.15, 0.2) is 0 Å². The van der Waals surface area contributed by atoms with E-state index in [-0.39, 0.29) is 23.8 Å². The van der Waals surface area contributed by atoms with Crippen LogP contribution in [0.4, 0.5) is 11.4 Å². The molecule has 0 saturated heterocycles. The number of nitrogens with one attached hydrogen (secondary N) is 2. The van der Waals surface area contributed by atoms with E-state index in [0.29, 0.717) is 5.69 Å². The SMILES string of the molecule is C#CCNC(=O)c1ccc(N[C@H](C)c2ccccn2)c([N+](=O)[O-])c1. The van der Waals surface area contributed by atoms with Crippen molar-refractivity contribution in [2.45, 2.75) is 13.0 Å². The van der Waals surface area contributed by atoms with Gasteiger partial charge in [0.05, 0.1) is 23.2 Å². The number of terminal acetylenes is 1. The summed E-state index contributed by atoms with van der Waals surface area (Å²) < 4.78 is 0. The molecule has 1 amide bonds. The number of rotatable bonds is 6. The molecule has 7 heteroatoms. The standard InChI is InChI=1S/C17H16N4O3/c1-3-9-19-17(22)13-7-8-15(16(11-13)21(23)24)20-12(2)14-6-4-5-10-18-14/h1,4-8,10-12,20H,9H2,2H3,(H,19,22)/t12-/m1/s1. The van der Waals surface area contributed by atoms with Crippen LogP contribution in [0.25, 0.3) is 0 Å². The summed E-state index contributed by atoms with van der Waals surface area (Å²) in [7, 11) is 0. The lowest BCUT2D eigenvalue weighted by molar-refractivity contribution is -0.384. The van der Waals surface area contributed by atoms with E-state index in [4.69, 9.17) is 6.42 Å². The van der Waals surface area contributed by atoms with Crippen molar-refractivity contribution in [1.82, 2.24) is 10.3 Å². The molecular weight excluding hydrogens is 308 g/mol. The number of hydrogen-bond acceptors (Lipinski definition) is 5. The van der Waals surface area contributed by atoms with Gasteiger partial charge >= 0.3 is 0 Å². The van der Waals surface area contributed by atoms with Crippen LogP contribution in [0.1, 0.15) is 29.0 Å². The third-order valence-electron chi connectivity index (χ3n) is 3.31. The Hall–Kier alpha value is -3.40. The Balaban J connectivity index is 2.25. The van der Waals surface area contributed by atoms with Gasteiger partial charge in [0.1, 0.15) is 5.69 Å². The van der Waals surface area contributed by atoms with Crippen LogP contribution in [0.15, 0.2) is 42.6 Å². The Labute approximate surface area is 139 Å². The quantitative estimate of drug-likeness (QED) is 0.483. The summed E-state index contributed by atoms with van der Waals surface area (Å²) in [6, 6.07) is 9.46. The maximum absolute atomic E-state index is 11.9. The van der Waals surface area contributed by atoms with Crippen molar-refractivity contribution in [3.05, 3.63) is 64.0 Å². The molecular formula is C17H16N4O3. The van der Waals surface area contributed by atoms with Gasteiger partial charge in [0.25, 0.3) is 11.6 Å². The minimum Gasteiger partial charge on any atom is -0.371 e. The Morgan fingerprint density at radius 1 is 1.42 bits per heavy atom. The zero-order valence-electron chi connectivity index (χ0n) is 13.0. The van der Waals surface area contributed by atoms with E-state index in [2.05, 4.69) is 21.5 Å². The molecule has 0 spiro atoms. The average Bonchev–Trinajstić information content (AvgIpc) is 2.60. The maximum Gasteiger partial charge on any atom is 0.293 e. The van der Waals surface area contributed by atoms with Gasteiger partial charge in [-0.2, -0.15) is 0 Å². The third kappa shape index (κ3) is 4.08. The topological polar surface area (TPSA) is 97.2 Å².